The summed E-state index contributed by atoms with van der Waals surface area (Å²) in [6.07, 6.45) is 2.08. The molecule has 19 heavy (non-hydrogen) atoms. The van der Waals surface area contributed by atoms with E-state index in [0.29, 0.717) is 11.6 Å². The van der Waals surface area contributed by atoms with Crippen LogP contribution in [-0.4, -0.2) is 36.0 Å². The number of hydrogen-bond donors (Lipinski definition) is 1. The van der Waals surface area contributed by atoms with E-state index in [-0.39, 0.29) is 17.8 Å². The number of carbonyl (C=O) groups excluding carboxylic acids is 1. The first-order valence-corrected chi connectivity index (χ1v) is 6.87. The van der Waals surface area contributed by atoms with Crippen LogP contribution in [0.2, 0.25) is 0 Å². The number of piperidine rings is 1. The molecule has 0 saturated carbocycles. The van der Waals surface area contributed by atoms with Crippen LogP contribution in [0.5, 0.6) is 0 Å². The number of likely N-dealkylation sites (tertiary alicyclic amines) is 1. The van der Waals surface area contributed by atoms with E-state index in [0.717, 1.165) is 25.9 Å². The van der Waals surface area contributed by atoms with E-state index in [4.69, 9.17) is 0 Å². The minimum absolute atomic E-state index is 0.159. The van der Waals surface area contributed by atoms with Gasteiger partial charge in [-0.2, -0.15) is 0 Å². The number of halogens is 1. The van der Waals surface area contributed by atoms with Crippen LogP contribution >= 0.6 is 0 Å². The van der Waals surface area contributed by atoms with E-state index in [1.54, 1.807) is 12.1 Å². The van der Waals surface area contributed by atoms with Crippen molar-refractivity contribution in [3.8, 4) is 0 Å². The summed E-state index contributed by atoms with van der Waals surface area (Å²) in [5.41, 5.74) is 0.390. The maximum absolute atomic E-state index is 13.1. The van der Waals surface area contributed by atoms with Gasteiger partial charge >= 0.3 is 0 Å². The molecule has 0 spiro atoms. The molecule has 1 aliphatic rings. The van der Waals surface area contributed by atoms with Crippen LogP contribution in [-0.2, 0) is 0 Å². The molecule has 2 rings (SSSR count). The Kier molecular flexibility index (Phi) is 4.53. The van der Waals surface area contributed by atoms with E-state index in [9.17, 15) is 9.18 Å². The average molecular weight is 264 g/mol. The van der Waals surface area contributed by atoms with Gasteiger partial charge in [-0.3, -0.25) is 9.69 Å². The molecule has 1 N–H and O–H groups in total. The van der Waals surface area contributed by atoms with E-state index >= 15 is 0 Å². The van der Waals surface area contributed by atoms with Crippen molar-refractivity contribution < 1.29 is 9.18 Å². The third-order valence-electron chi connectivity index (χ3n) is 3.61. The number of nitrogens with zero attached hydrogens (tertiary/aromatic N) is 1. The molecule has 0 aromatic heterocycles. The van der Waals surface area contributed by atoms with Gasteiger partial charge in [0.2, 0.25) is 0 Å². The van der Waals surface area contributed by atoms with Crippen molar-refractivity contribution in [2.24, 2.45) is 0 Å². The number of benzene rings is 1. The van der Waals surface area contributed by atoms with Gasteiger partial charge in [-0.25, -0.2) is 4.39 Å². The predicted octanol–water partition coefficient (Wildman–Crippen LogP) is 2.43. The Hall–Kier alpha value is -1.42. The SMILES string of the molecule is CC(C)N1CCC[C@@H](NC(=O)c2cccc(F)c2)C1. The van der Waals surface area contributed by atoms with Crippen LogP contribution in [0.1, 0.15) is 37.0 Å². The highest BCUT2D eigenvalue weighted by Gasteiger charge is 2.23. The molecule has 1 aromatic rings. The molecule has 104 valence electrons. The third kappa shape index (κ3) is 3.77. The Morgan fingerprint density at radius 3 is 2.95 bits per heavy atom. The molecular weight excluding hydrogens is 243 g/mol. The summed E-state index contributed by atoms with van der Waals surface area (Å²) in [7, 11) is 0. The molecule has 1 aromatic carbocycles. The topological polar surface area (TPSA) is 32.3 Å². The monoisotopic (exact) mass is 264 g/mol. The molecule has 1 amide bonds. The lowest BCUT2D eigenvalue weighted by Gasteiger charge is -2.35. The lowest BCUT2D eigenvalue weighted by Crippen LogP contribution is -2.49. The number of nitrogens with one attached hydrogen (secondary N) is 1. The Balaban J connectivity index is 1.95. The zero-order valence-corrected chi connectivity index (χ0v) is 11.5. The first kappa shape index (κ1) is 14.0. The summed E-state index contributed by atoms with van der Waals surface area (Å²) < 4.78 is 13.1. The number of carbonyl (C=O) groups is 1. The molecule has 1 aliphatic heterocycles. The maximum atomic E-state index is 13.1. The summed E-state index contributed by atoms with van der Waals surface area (Å²) >= 11 is 0. The predicted molar refractivity (Wildman–Crippen MR) is 73.6 cm³/mol. The standard InChI is InChI=1S/C15H21FN2O/c1-11(2)18-8-4-7-14(10-18)17-15(19)12-5-3-6-13(16)9-12/h3,5-6,9,11,14H,4,7-8,10H2,1-2H3,(H,17,19)/t14-/m1/s1. The quantitative estimate of drug-likeness (QED) is 0.909. The smallest absolute Gasteiger partial charge is 0.251 e. The van der Waals surface area contributed by atoms with Crippen LogP contribution in [0.15, 0.2) is 24.3 Å². The van der Waals surface area contributed by atoms with Crippen molar-refractivity contribution in [2.45, 2.75) is 38.8 Å². The van der Waals surface area contributed by atoms with Crippen molar-refractivity contribution >= 4 is 5.91 Å². The van der Waals surface area contributed by atoms with Crippen molar-refractivity contribution in [3.63, 3.8) is 0 Å². The molecule has 1 heterocycles. The second kappa shape index (κ2) is 6.15. The number of rotatable bonds is 3. The molecule has 0 radical (unpaired) electrons. The van der Waals surface area contributed by atoms with Gasteiger partial charge in [0.1, 0.15) is 5.82 Å². The molecule has 1 atom stereocenters. The van der Waals surface area contributed by atoms with E-state index in [1.165, 1.54) is 12.1 Å². The van der Waals surface area contributed by atoms with Gasteiger partial charge in [0.25, 0.3) is 5.91 Å². The second-order valence-corrected chi connectivity index (χ2v) is 5.41. The zero-order valence-electron chi connectivity index (χ0n) is 11.5. The minimum atomic E-state index is -0.375. The van der Waals surface area contributed by atoms with Gasteiger partial charge in [0.05, 0.1) is 0 Å². The Morgan fingerprint density at radius 1 is 1.47 bits per heavy atom. The summed E-state index contributed by atoms with van der Waals surface area (Å²) in [4.78, 5) is 14.4. The van der Waals surface area contributed by atoms with E-state index in [1.807, 2.05) is 0 Å². The van der Waals surface area contributed by atoms with E-state index < -0.39 is 0 Å². The van der Waals surface area contributed by atoms with Crippen molar-refractivity contribution in [2.75, 3.05) is 13.1 Å². The van der Waals surface area contributed by atoms with Gasteiger partial charge in [0, 0.05) is 24.2 Å². The largest absolute Gasteiger partial charge is 0.348 e. The molecule has 0 bridgehead atoms. The summed E-state index contributed by atoms with van der Waals surface area (Å²) in [5, 5.41) is 3.00. The fraction of sp³-hybridized carbons (Fsp3) is 0.533. The summed E-state index contributed by atoms with van der Waals surface area (Å²) in [6.45, 7) is 6.29. The second-order valence-electron chi connectivity index (χ2n) is 5.41. The minimum Gasteiger partial charge on any atom is -0.348 e. The Morgan fingerprint density at radius 2 is 2.26 bits per heavy atom. The highest BCUT2D eigenvalue weighted by atomic mass is 19.1. The lowest BCUT2D eigenvalue weighted by atomic mass is 10.0. The normalized spacial score (nSPS) is 20.5. The van der Waals surface area contributed by atoms with Crippen molar-refractivity contribution in [3.05, 3.63) is 35.6 Å². The number of hydrogen-bond acceptors (Lipinski definition) is 2. The summed E-state index contributed by atoms with van der Waals surface area (Å²) in [5.74, 6) is -0.560. The average Bonchev–Trinajstić information content (AvgIpc) is 2.39. The third-order valence-corrected chi connectivity index (χ3v) is 3.61. The number of amides is 1. The van der Waals surface area contributed by atoms with Crippen molar-refractivity contribution in [1.29, 1.82) is 0 Å². The van der Waals surface area contributed by atoms with Gasteiger partial charge in [-0.1, -0.05) is 6.07 Å². The lowest BCUT2D eigenvalue weighted by molar-refractivity contribution is 0.0886. The Labute approximate surface area is 113 Å². The molecule has 3 nitrogen and oxygen atoms in total. The molecule has 1 saturated heterocycles. The molecular formula is C15H21FN2O. The Bertz CT molecular complexity index is 448. The molecule has 4 heteroatoms. The van der Waals surface area contributed by atoms with Crippen LogP contribution in [0.25, 0.3) is 0 Å². The van der Waals surface area contributed by atoms with Crippen LogP contribution < -0.4 is 5.32 Å². The fourth-order valence-electron chi connectivity index (χ4n) is 2.49. The molecule has 0 unspecified atom stereocenters. The van der Waals surface area contributed by atoms with Crippen LogP contribution in [0, 0.1) is 5.82 Å². The fourth-order valence-corrected chi connectivity index (χ4v) is 2.49. The highest BCUT2D eigenvalue weighted by molar-refractivity contribution is 5.94. The van der Waals surface area contributed by atoms with Crippen LogP contribution in [0.4, 0.5) is 4.39 Å². The highest BCUT2D eigenvalue weighted by Crippen LogP contribution is 2.13. The van der Waals surface area contributed by atoms with Gasteiger partial charge in [0.15, 0.2) is 0 Å². The first-order valence-electron chi connectivity index (χ1n) is 6.87. The summed E-state index contributed by atoms with van der Waals surface area (Å²) in [6, 6.07) is 6.48. The van der Waals surface area contributed by atoms with E-state index in [2.05, 4.69) is 24.1 Å². The van der Waals surface area contributed by atoms with Gasteiger partial charge in [-0.15, -0.1) is 0 Å². The first-order chi connectivity index (χ1) is 9.06. The van der Waals surface area contributed by atoms with Crippen LogP contribution in [0.3, 0.4) is 0 Å². The molecule has 1 fully saturated rings. The van der Waals surface area contributed by atoms with Crippen molar-refractivity contribution in [1.82, 2.24) is 10.2 Å². The zero-order chi connectivity index (χ0) is 13.8. The maximum Gasteiger partial charge on any atom is 0.251 e. The van der Waals surface area contributed by atoms with Gasteiger partial charge < -0.3 is 5.32 Å². The molecule has 0 aliphatic carbocycles. The van der Waals surface area contributed by atoms with Gasteiger partial charge in [-0.05, 0) is 51.4 Å².